The number of hydrogen-bond donors (Lipinski definition) is 3. The topological polar surface area (TPSA) is 106 Å². The summed E-state index contributed by atoms with van der Waals surface area (Å²) in [5, 5.41) is 13.5. The summed E-state index contributed by atoms with van der Waals surface area (Å²) >= 11 is 0. The molecule has 3 aromatic rings. The van der Waals surface area contributed by atoms with E-state index >= 15 is 0 Å². The smallest absolute Gasteiger partial charge is 0.494 e. The van der Waals surface area contributed by atoms with Crippen molar-refractivity contribution in [2.75, 3.05) is 5.73 Å². The first-order chi connectivity index (χ1) is 10.7. The van der Waals surface area contributed by atoms with Gasteiger partial charge >= 0.3 is 6.36 Å². The molecule has 7 nitrogen and oxygen atoms in total. The molecule has 2 heterocycles. The van der Waals surface area contributed by atoms with E-state index in [1.165, 1.54) is 22.9 Å². The summed E-state index contributed by atoms with van der Waals surface area (Å²) in [5.74, 6) is -0.779. The number of fused-ring (bicyclic) bond motifs is 1. The van der Waals surface area contributed by atoms with Gasteiger partial charge in [-0.25, -0.2) is 4.68 Å². The molecule has 0 atom stereocenters. The van der Waals surface area contributed by atoms with Gasteiger partial charge in [-0.1, -0.05) is 0 Å². The van der Waals surface area contributed by atoms with Crippen molar-refractivity contribution in [3.8, 4) is 17.3 Å². The minimum absolute atomic E-state index is 0.00857. The van der Waals surface area contributed by atoms with Gasteiger partial charge in [0.25, 0.3) is 5.56 Å². The number of halogens is 3. The Morgan fingerprint density at radius 2 is 1.91 bits per heavy atom. The monoisotopic (exact) mass is 326 g/mol. The zero-order chi connectivity index (χ0) is 16.8. The highest BCUT2D eigenvalue weighted by atomic mass is 19.4. The van der Waals surface area contributed by atoms with Gasteiger partial charge in [-0.3, -0.25) is 9.78 Å². The van der Waals surface area contributed by atoms with Crippen LogP contribution in [-0.4, -0.2) is 26.2 Å². The second-order valence-corrected chi connectivity index (χ2v) is 4.58. The maximum atomic E-state index is 12.1. The molecule has 0 aliphatic heterocycles. The van der Waals surface area contributed by atoms with E-state index in [0.717, 1.165) is 12.1 Å². The number of aromatic hydroxyl groups is 1. The van der Waals surface area contributed by atoms with Gasteiger partial charge in [0.2, 0.25) is 0 Å². The van der Waals surface area contributed by atoms with Crippen LogP contribution in [0.25, 0.3) is 16.6 Å². The van der Waals surface area contributed by atoms with Crippen LogP contribution in [0, 0.1) is 0 Å². The van der Waals surface area contributed by atoms with Gasteiger partial charge in [-0.2, -0.15) is 5.10 Å². The quantitative estimate of drug-likeness (QED) is 0.667. The van der Waals surface area contributed by atoms with Crippen molar-refractivity contribution >= 4 is 16.7 Å². The lowest BCUT2D eigenvalue weighted by Crippen LogP contribution is -2.17. The molecule has 0 radical (unpaired) electrons. The highest BCUT2D eigenvalue weighted by molar-refractivity contribution is 5.89. The molecule has 0 bridgehead atoms. The maximum Gasteiger partial charge on any atom is 0.573 e. The van der Waals surface area contributed by atoms with Crippen molar-refractivity contribution in [3.05, 3.63) is 40.7 Å². The predicted octanol–water partition coefficient (Wildman–Crippen LogP) is 1.90. The number of ether oxygens (including phenoxy) is 1. The summed E-state index contributed by atoms with van der Waals surface area (Å²) < 4.78 is 41.3. The van der Waals surface area contributed by atoms with Crippen LogP contribution in [-0.2, 0) is 0 Å². The number of alkyl halides is 3. The van der Waals surface area contributed by atoms with Gasteiger partial charge in [-0.05, 0) is 24.3 Å². The first-order valence-electron chi connectivity index (χ1n) is 6.21. The molecule has 2 aromatic heterocycles. The lowest BCUT2D eigenvalue weighted by atomic mass is 10.3. The van der Waals surface area contributed by atoms with Crippen molar-refractivity contribution in [1.82, 2.24) is 14.8 Å². The number of nitrogens with zero attached hydrogens (tertiary/aromatic N) is 2. The number of nitrogens with two attached hydrogens (primary N) is 1. The third-order valence-electron chi connectivity index (χ3n) is 3.01. The van der Waals surface area contributed by atoms with Crippen LogP contribution in [0.5, 0.6) is 11.6 Å². The van der Waals surface area contributed by atoms with Crippen LogP contribution in [0.4, 0.5) is 19.0 Å². The number of aromatic amines is 1. The Balaban J connectivity index is 2.05. The van der Waals surface area contributed by atoms with Gasteiger partial charge in [0.05, 0.1) is 5.69 Å². The van der Waals surface area contributed by atoms with Crippen molar-refractivity contribution in [1.29, 1.82) is 0 Å². The minimum Gasteiger partial charge on any atom is -0.494 e. The molecule has 120 valence electrons. The van der Waals surface area contributed by atoms with E-state index in [2.05, 4.69) is 14.8 Å². The second-order valence-electron chi connectivity index (χ2n) is 4.58. The van der Waals surface area contributed by atoms with E-state index in [4.69, 9.17) is 5.73 Å². The number of anilines is 1. The average Bonchev–Trinajstić information content (AvgIpc) is 2.75. The number of hydrogen-bond acceptors (Lipinski definition) is 5. The number of H-pyrrole nitrogens is 1. The maximum absolute atomic E-state index is 12.1. The summed E-state index contributed by atoms with van der Waals surface area (Å²) in [5.41, 5.74) is 5.70. The third-order valence-corrected chi connectivity index (χ3v) is 3.01. The molecule has 0 aliphatic rings. The molecule has 0 saturated carbocycles. The van der Waals surface area contributed by atoms with Crippen LogP contribution < -0.4 is 16.0 Å². The zero-order valence-electron chi connectivity index (χ0n) is 11.3. The summed E-state index contributed by atoms with van der Waals surface area (Å²) in [6.07, 6.45) is -4.79. The second kappa shape index (κ2) is 4.93. The molecule has 0 amide bonds. The predicted molar refractivity (Wildman–Crippen MR) is 74.5 cm³/mol. The Morgan fingerprint density at radius 1 is 1.26 bits per heavy atom. The molecule has 1 aromatic carbocycles. The molecular weight excluding hydrogens is 317 g/mol. The van der Waals surface area contributed by atoms with E-state index in [0.29, 0.717) is 5.69 Å². The van der Waals surface area contributed by atoms with E-state index in [9.17, 15) is 23.1 Å². The van der Waals surface area contributed by atoms with E-state index in [1.807, 2.05) is 0 Å². The molecule has 0 aliphatic carbocycles. The highest BCUT2D eigenvalue weighted by Crippen LogP contribution is 2.26. The third kappa shape index (κ3) is 2.78. The van der Waals surface area contributed by atoms with Gasteiger partial charge in [0.15, 0.2) is 5.88 Å². The van der Waals surface area contributed by atoms with Crippen LogP contribution in [0.2, 0.25) is 0 Å². The van der Waals surface area contributed by atoms with E-state index < -0.39 is 17.7 Å². The number of pyridine rings is 1. The minimum atomic E-state index is -4.79. The molecule has 0 saturated heterocycles. The van der Waals surface area contributed by atoms with Gasteiger partial charge in [-0.15, -0.1) is 13.2 Å². The SMILES string of the molecule is Nc1c2c(=O)[nH]c(O)cc2nn1-c1ccc(OC(F)(F)F)cc1. The summed E-state index contributed by atoms with van der Waals surface area (Å²) in [6, 6.07) is 6.01. The highest BCUT2D eigenvalue weighted by Gasteiger charge is 2.31. The van der Waals surface area contributed by atoms with Crippen molar-refractivity contribution in [2.24, 2.45) is 0 Å². The molecule has 23 heavy (non-hydrogen) atoms. The van der Waals surface area contributed by atoms with Crippen LogP contribution in [0.3, 0.4) is 0 Å². The standard InChI is InChI=1S/C13H9F3N4O3/c14-13(15,16)23-7-3-1-6(2-4-7)20-11(17)10-8(19-20)5-9(21)18-12(10)22/h1-5,21H,17H2,(H,18,22). The number of nitrogen functional groups attached to an aromatic ring is 1. The van der Waals surface area contributed by atoms with Crippen LogP contribution in [0.15, 0.2) is 35.1 Å². The molecule has 0 spiro atoms. The Bertz CT molecular complexity index is 929. The Hall–Kier alpha value is -3.17. The molecule has 0 fully saturated rings. The molecule has 4 N–H and O–H groups in total. The summed E-state index contributed by atoms with van der Waals surface area (Å²) in [7, 11) is 0. The summed E-state index contributed by atoms with van der Waals surface area (Å²) in [4.78, 5) is 14.0. The molecule has 0 unspecified atom stereocenters. The van der Waals surface area contributed by atoms with Gasteiger partial charge < -0.3 is 15.6 Å². The van der Waals surface area contributed by atoms with Crippen molar-refractivity contribution in [3.63, 3.8) is 0 Å². The summed E-state index contributed by atoms with van der Waals surface area (Å²) in [6.45, 7) is 0. The largest absolute Gasteiger partial charge is 0.573 e. The van der Waals surface area contributed by atoms with Crippen molar-refractivity contribution < 1.29 is 23.0 Å². The Morgan fingerprint density at radius 3 is 2.52 bits per heavy atom. The van der Waals surface area contributed by atoms with Crippen LogP contribution in [0.1, 0.15) is 0 Å². The Kier molecular flexibility index (Phi) is 3.17. The van der Waals surface area contributed by atoms with E-state index in [-0.39, 0.29) is 22.6 Å². The average molecular weight is 326 g/mol. The Labute approximate surface area is 125 Å². The van der Waals surface area contributed by atoms with Crippen LogP contribution >= 0.6 is 0 Å². The van der Waals surface area contributed by atoms with Gasteiger partial charge in [0, 0.05) is 6.07 Å². The first kappa shape index (κ1) is 14.8. The number of aromatic nitrogens is 3. The number of nitrogens with one attached hydrogen (secondary N) is 1. The number of benzene rings is 1. The fourth-order valence-electron chi connectivity index (χ4n) is 2.11. The zero-order valence-corrected chi connectivity index (χ0v) is 11.3. The fraction of sp³-hybridized carbons (Fsp3) is 0.0769. The normalized spacial score (nSPS) is 11.8. The first-order valence-corrected chi connectivity index (χ1v) is 6.21. The molecule has 10 heteroatoms. The van der Waals surface area contributed by atoms with Crippen molar-refractivity contribution in [2.45, 2.75) is 6.36 Å². The lowest BCUT2D eigenvalue weighted by molar-refractivity contribution is -0.274. The number of rotatable bonds is 2. The molecular formula is C13H9F3N4O3. The van der Waals surface area contributed by atoms with Gasteiger partial charge in [0.1, 0.15) is 22.5 Å². The molecule has 3 rings (SSSR count). The van der Waals surface area contributed by atoms with E-state index in [1.54, 1.807) is 0 Å². The lowest BCUT2D eigenvalue weighted by Gasteiger charge is -2.09. The fourth-order valence-corrected chi connectivity index (χ4v) is 2.11.